The van der Waals surface area contributed by atoms with Crippen LogP contribution >= 0.6 is 0 Å². The molecule has 0 spiro atoms. The van der Waals surface area contributed by atoms with Crippen LogP contribution in [0, 0.1) is 0 Å². The van der Waals surface area contributed by atoms with Crippen molar-refractivity contribution in [3.05, 3.63) is 0 Å². The fourth-order valence-electron chi connectivity index (χ4n) is 1.48. The number of hydrogen-bond donors (Lipinski definition) is 1. The Morgan fingerprint density at radius 1 is 1.35 bits per heavy atom. The van der Waals surface area contributed by atoms with E-state index in [1.807, 2.05) is 0 Å². The molecule has 1 aliphatic rings. The number of aliphatic carboxylic acids is 1. The predicted octanol–water partition coefficient (Wildman–Crippen LogP) is 1.10. The maximum absolute atomic E-state index is 11.7. The fraction of sp³-hybridized carbons (Fsp3) is 0.818. The molecule has 1 fully saturated rings. The van der Waals surface area contributed by atoms with Gasteiger partial charge in [-0.3, -0.25) is 0 Å². The molecule has 1 rings (SSSR count). The summed E-state index contributed by atoms with van der Waals surface area (Å²) in [5.41, 5.74) is -0.545. The van der Waals surface area contributed by atoms with E-state index in [4.69, 9.17) is 14.6 Å². The van der Waals surface area contributed by atoms with E-state index in [9.17, 15) is 9.59 Å². The molecule has 0 aromatic rings. The van der Waals surface area contributed by atoms with Gasteiger partial charge in [0, 0.05) is 19.5 Å². The van der Waals surface area contributed by atoms with E-state index in [1.54, 1.807) is 20.8 Å². The highest BCUT2D eigenvalue weighted by Crippen LogP contribution is 2.13. The van der Waals surface area contributed by atoms with Crippen LogP contribution in [0.25, 0.3) is 0 Å². The summed E-state index contributed by atoms with van der Waals surface area (Å²) >= 11 is 0. The number of carboxylic acid groups (broad SMARTS) is 1. The number of nitrogens with zero attached hydrogens (tertiary/aromatic N) is 1. The predicted molar refractivity (Wildman–Crippen MR) is 59.8 cm³/mol. The zero-order chi connectivity index (χ0) is 13.1. The highest BCUT2D eigenvalue weighted by Gasteiger charge is 2.27. The lowest BCUT2D eigenvalue weighted by Crippen LogP contribution is -2.38. The van der Waals surface area contributed by atoms with Crippen molar-refractivity contribution in [2.24, 2.45) is 0 Å². The summed E-state index contributed by atoms with van der Waals surface area (Å²) in [7, 11) is 0. The van der Waals surface area contributed by atoms with Gasteiger partial charge in [0.2, 0.25) is 0 Å². The number of amides is 1. The Balaban J connectivity index is 2.51. The first-order chi connectivity index (χ1) is 7.79. The lowest BCUT2D eigenvalue weighted by atomic mass is 10.2. The Hall–Kier alpha value is -1.30. The van der Waals surface area contributed by atoms with Gasteiger partial charge >= 0.3 is 12.1 Å². The summed E-state index contributed by atoms with van der Waals surface area (Å²) in [6.07, 6.45) is -0.969. The number of carboxylic acids is 1. The molecule has 98 valence electrons. The normalized spacial score (nSPS) is 21.8. The second kappa shape index (κ2) is 5.35. The number of hydrogen-bond acceptors (Lipinski definition) is 4. The van der Waals surface area contributed by atoms with Gasteiger partial charge in [0.15, 0.2) is 6.10 Å². The quantitative estimate of drug-likeness (QED) is 0.748. The van der Waals surface area contributed by atoms with Crippen LogP contribution in [-0.4, -0.2) is 53.5 Å². The number of carbonyl (C=O) groups is 2. The molecule has 1 saturated heterocycles. The summed E-state index contributed by atoms with van der Waals surface area (Å²) in [6.45, 7) is 6.29. The number of carbonyl (C=O) groups excluding carboxylic acids is 1. The molecule has 1 amide bonds. The molecular formula is C11H19NO5. The number of ether oxygens (including phenoxy) is 2. The third-order valence-electron chi connectivity index (χ3n) is 2.27. The monoisotopic (exact) mass is 245 g/mol. The third-order valence-corrected chi connectivity index (χ3v) is 2.27. The second-order valence-electron chi connectivity index (χ2n) is 4.95. The first-order valence-electron chi connectivity index (χ1n) is 5.62. The Bertz CT molecular complexity index is 297. The highest BCUT2D eigenvalue weighted by atomic mass is 16.6. The van der Waals surface area contributed by atoms with E-state index in [2.05, 4.69) is 0 Å². The van der Waals surface area contributed by atoms with Crippen LogP contribution in [-0.2, 0) is 14.3 Å². The molecule has 1 unspecified atom stereocenters. The molecule has 0 aliphatic carbocycles. The van der Waals surface area contributed by atoms with Gasteiger partial charge in [0.05, 0.1) is 6.61 Å². The van der Waals surface area contributed by atoms with E-state index < -0.39 is 23.8 Å². The van der Waals surface area contributed by atoms with E-state index in [-0.39, 0.29) is 13.0 Å². The fourth-order valence-corrected chi connectivity index (χ4v) is 1.48. The Labute approximate surface area is 100 Å². The van der Waals surface area contributed by atoms with Gasteiger partial charge < -0.3 is 19.5 Å². The molecule has 0 saturated carbocycles. The zero-order valence-electron chi connectivity index (χ0n) is 10.4. The molecule has 0 aromatic heterocycles. The highest BCUT2D eigenvalue weighted by molar-refractivity contribution is 5.73. The van der Waals surface area contributed by atoms with Crippen molar-refractivity contribution < 1.29 is 24.2 Å². The van der Waals surface area contributed by atoms with Crippen LogP contribution in [0.4, 0.5) is 4.79 Å². The summed E-state index contributed by atoms with van der Waals surface area (Å²) in [5.74, 6) is -0.990. The van der Waals surface area contributed by atoms with E-state index >= 15 is 0 Å². The van der Waals surface area contributed by atoms with Crippen molar-refractivity contribution >= 4 is 12.1 Å². The minimum absolute atomic E-state index is 0.218. The molecule has 1 heterocycles. The van der Waals surface area contributed by atoms with Crippen LogP contribution in [0.5, 0.6) is 0 Å². The lowest BCUT2D eigenvalue weighted by Gasteiger charge is -2.25. The smallest absolute Gasteiger partial charge is 0.410 e. The molecule has 1 aliphatic heterocycles. The molecule has 6 heteroatoms. The first kappa shape index (κ1) is 13.8. The Morgan fingerprint density at radius 2 is 2.00 bits per heavy atom. The van der Waals surface area contributed by atoms with Gasteiger partial charge in [0.1, 0.15) is 5.60 Å². The van der Waals surface area contributed by atoms with E-state index in [0.717, 1.165) is 0 Å². The molecule has 1 N–H and O–H groups in total. The van der Waals surface area contributed by atoms with Gasteiger partial charge in [-0.1, -0.05) is 0 Å². The maximum Gasteiger partial charge on any atom is 0.410 e. The van der Waals surface area contributed by atoms with Crippen molar-refractivity contribution in [1.82, 2.24) is 4.90 Å². The van der Waals surface area contributed by atoms with Crippen molar-refractivity contribution in [3.63, 3.8) is 0 Å². The van der Waals surface area contributed by atoms with E-state index in [1.165, 1.54) is 4.90 Å². The van der Waals surface area contributed by atoms with Crippen LogP contribution < -0.4 is 0 Å². The van der Waals surface area contributed by atoms with Gasteiger partial charge in [-0.05, 0) is 20.8 Å². The van der Waals surface area contributed by atoms with Crippen LogP contribution in [0.2, 0.25) is 0 Å². The minimum Gasteiger partial charge on any atom is -0.479 e. The summed E-state index contributed by atoms with van der Waals surface area (Å²) < 4.78 is 10.3. The third kappa shape index (κ3) is 4.60. The lowest BCUT2D eigenvalue weighted by molar-refractivity contribution is -0.149. The van der Waals surface area contributed by atoms with Crippen molar-refractivity contribution in [2.75, 3.05) is 19.7 Å². The molecule has 0 bridgehead atoms. The molecule has 17 heavy (non-hydrogen) atoms. The summed E-state index contributed by atoms with van der Waals surface area (Å²) in [6, 6.07) is 0. The van der Waals surface area contributed by atoms with Crippen molar-refractivity contribution in [1.29, 1.82) is 0 Å². The van der Waals surface area contributed by atoms with Gasteiger partial charge in [-0.2, -0.15) is 0 Å². The SMILES string of the molecule is CC(C)(C)OC(=O)N1CCOC(C(=O)O)CC1. The largest absolute Gasteiger partial charge is 0.479 e. The second-order valence-corrected chi connectivity index (χ2v) is 4.95. The average Bonchev–Trinajstić information content (AvgIpc) is 2.39. The summed E-state index contributed by atoms with van der Waals surface area (Å²) in [5, 5.41) is 8.81. The van der Waals surface area contributed by atoms with Crippen LogP contribution in [0.1, 0.15) is 27.2 Å². The Kier molecular flexibility index (Phi) is 4.34. The van der Waals surface area contributed by atoms with Gasteiger partial charge in [-0.25, -0.2) is 9.59 Å². The van der Waals surface area contributed by atoms with Gasteiger partial charge in [0.25, 0.3) is 0 Å². The zero-order valence-corrected chi connectivity index (χ0v) is 10.4. The standard InChI is InChI=1S/C11H19NO5/c1-11(2,3)17-10(15)12-5-4-8(9(13)14)16-7-6-12/h8H,4-7H2,1-3H3,(H,13,14). The summed E-state index contributed by atoms with van der Waals surface area (Å²) in [4.78, 5) is 24.0. The molecule has 0 radical (unpaired) electrons. The minimum atomic E-state index is -0.990. The van der Waals surface area contributed by atoms with Crippen molar-refractivity contribution in [2.45, 2.75) is 38.9 Å². The average molecular weight is 245 g/mol. The molecular weight excluding hydrogens is 226 g/mol. The van der Waals surface area contributed by atoms with Gasteiger partial charge in [-0.15, -0.1) is 0 Å². The molecule has 6 nitrogen and oxygen atoms in total. The van der Waals surface area contributed by atoms with E-state index in [0.29, 0.717) is 13.1 Å². The topological polar surface area (TPSA) is 76.1 Å². The molecule has 0 aromatic carbocycles. The van der Waals surface area contributed by atoms with Crippen LogP contribution in [0.3, 0.4) is 0 Å². The van der Waals surface area contributed by atoms with Crippen LogP contribution in [0.15, 0.2) is 0 Å². The molecule has 1 atom stereocenters. The van der Waals surface area contributed by atoms with Crippen molar-refractivity contribution in [3.8, 4) is 0 Å². The Morgan fingerprint density at radius 3 is 2.53 bits per heavy atom. The number of rotatable bonds is 1. The first-order valence-corrected chi connectivity index (χ1v) is 5.62. The maximum atomic E-state index is 11.7.